The summed E-state index contributed by atoms with van der Waals surface area (Å²) in [7, 11) is 0. The molecule has 0 fully saturated rings. The topological polar surface area (TPSA) is 55.1 Å². The molecular formula is C9H12N2O. The second-order valence-corrected chi connectivity index (χ2v) is 2.77. The van der Waals surface area contributed by atoms with Crippen molar-refractivity contribution in [2.45, 2.75) is 13.8 Å². The number of nitrogens with two attached hydrogens (primary N) is 1. The van der Waals surface area contributed by atoms with Crippen LogP contribution in [0, 0.1) is 13.8 Å². The monoisotopic (exact) mass is 164 g/mol. The lowest BCUT2D eigenvalue weighted by Gasteiger charge is -2.02. The summed E-state index contributed by atoms with van der Waals surface area (Å²) >= 11 is 0. The zero-order chi connectivity index (χ0) is 9.14. The minimum atomic E-state index is -0.252. The molecule has 0 aliphatic carbocycles. The van der Waals surface area contributed by atoms with Crippen molar-refractivity contribution in [3.05, 3.63) is 34.9 Å². The van der Waals surface area contributed by atoms with Crippen LogP contribution in [-0.2, 0) is 0 Å². The highest BCUT2D eigenvalue weighted by Crippen LogP contribution is 2.08. The van der Waals surface area contributed by atoms with E-state index in [0.29, 0.717) is 5.56 Å². The van der Waals surface area contributed by atoms with Gasteiger partial charge in [-0.3, -0.25) is 10.2 Å². The van der Waals surface area contributed by atoms with E-state index in [4.69, 9.17) is 5.84 Å². The van der Waals surface area contributed by atoms with Gasteiger partial charge < -0.3 is 0 Å². The molecule has 1 aromatic carbocycles. The molecule has 1 rings (SSSR count). The third-order valence-electron chi connectivity index (χ3n) is 1.90. The number of amides is 1. The van der Waals surface area contributed by atoms with Crippen LogP contribution in [0.2, 0.25) is 0 Å². The van der Waals surface area contributed by atoms with Gasteiger partial charge in [0.25, 0.3) is 5.91 Å². The summed E-state index contributed by atoms with van der Waals surface area (Å²) in [4.78, 5) is 11.0. The number of carbonyl (C=O) groups is 1. The fourth-order valence-corrected chi connectivity index (χ4v) is 0.966. The third-order valence-corrected chi connectivity index (χ3v) is 1.90. The van der Waals surface area contributed by atoms with Crippen molar-refractivity contribution in [3.63, 3.8) is 0 Å². The van der Waals surface area contributed by atoms with Crippen molar-refractivity contribution < 1.29 is 4.79 Å². The SMILES string of the molecule is Cc1ccc(C(=O)NN)cc1C. The van der Waals surface area contributed by atoms with Crippen LogP contribution >= 0.6 is 0 Å². The van der Waals surface area contributed by atoms with E-state index >= 15 is 0 Å². The highest BCUT2D eigenvalue weighted by atomic mass is 16.2. The molecule has 12 heavy (non-hydrogen) atoms. The molecular weight excluding hydrogens is 152 g/mol. The molecule has 0 spiro atoms. The Morgan fingerprint density at radius 3 is 2.50 bits per heavy atom. The average Bonchev–Trinajstić information content (AvgIpc) is 2.08. The van der Waals surface area contributed by atoms with Crippen LogP contribution in [-0.4, -0.2) is 5.91 Å². The van der Waals surface area contributed by atoms with E-state index in [2.05, 4.69) is 5.43 Å². The van der Waals surface area contributed by atoms with Gasteiger partial charge in [0.2, 0.25) is 0 Å². The lowest BCUT2D eigenvalue weighted by Crippen LogP contribution is -2.29. The van der Waals surface area contributed by atoms with Gasteiger partial charge in [0.15, 0.2) is 0 Å². The Balaban J connectivity index is 3.05. The summed E-state index contributed by atoms with van der Waals surface area (Å²) in [5, 5.41) is 0. The molecule has 0 saturated heterocycles. The first-order valence-electron chi connectivity index (χ1n) is 3.73. The number of nitrogen functional groups attached to an aromatic ring is 1. The predicted octanol–water partition coefficient (Wildman–Crippen LogP) is 0.907. The summed E-state index contributed by atoms with van der Waals surface area (Å²) < 4.78 is 0. The Kier molecular flexibility index (Phi) is 2.45. The number of carbonyl (C=O) groups excluding carboxylic acids is 1. The summed E-state index contributed by atoms with van der Waals surface area (Å²) in [5.41, 5.74) is 4.95. The van der Waals surface area contributed by atoms with Crippen LogP contribution < -0.4 is 11.3 Å². The maximum absolute atomic E-state index is 11.0. The third kappa shape index (κ3) is 1.62. The van der Waals surface area contributed by atoms with Crippen molar-refractivity contribution in [3.8, 4) is 0 Å². The smallest absolute Gasteiger partial charge is 0.265 e. The van der Waals surface area contributed by atoms with Gasteiger partial charge in [-0.2, -0.15) is 0 Å². The fourth-order valence-electron chi connectivity index (χ4n) is 0.966. The number of aryl methyl sites for hydroxylation is 2. The van der Waals surface area contributed by atoms with Gasteiger partial charge in [-0.15, -0.1) is 0 Å². The second kappa shape index (κ2) is 3.36. The standard InChI is InChI=1S/C9H12N2O/c1-6-3-4-8(5-7(6)2)9(12)11-10/h3-5H,10H2,1-2H3,(H,11,12). The van der Waals surface area contributed by atoms with E-state index in [1.165, 1.54) is 5.56 Å². The minimum Gasteiger partial charge on any atom is -0.290 e. The van der Waals surface area contributed by atoms with Crippen molar-refractivity contribution in [1.82, 2.24) is 5.43 Å². The van der Waals surface area contributed by atoms with Crippen LogP contribution in [0.1, 0.15) is 21.5 Å². The van der Waals surface area contributed by atoms with Gasteiger partial charge in [0, 0.05) is 5.56 Å². The lowest BCUT2D eigenvalue weighted by molar-refractivity contribution is 0.0953. The quantitative estimate of drug-likeness (QED) is 0.368. The number of hydrogen-bond donors (Lipinski definition) is 2. The zero-order valence-corrected chi connectivity index (χ0v) is 7.22. The Morgan fingerprint density at radius 2 is 2.00 bits per heavy atom. The highest BCUT2D eigenvalue weighted by Gasteiger charge is 2.03. The van der Waals surface area contributed by atoms with Gasteiger partial charge in [-0.25, -0.2) is 5.84 Å². The molecule has 3 N–H and O–H groups in total. The number of nitrogens with one attached hydrogen (secondary N) is 1. The van der Waals surface area contributed by atoms with Crippen LogP contribution in [0.4, 0.5) is 0 Å². The Hall–Kier alpha value is -1.35. The number of benzene rings is 1. The van der Waals surface area contributed by atoms with E-state index < -0.39 is 0 Å². The van der Waals surface area contributed by atoms with E-state index in [9.17, 15) is 4.79 Å². The Morgan fingerprint density at radius 1 is 1.33 bits per heavy atom. The molecule has 1 amide bonds. The van der Waals surface area contributed by atoms with Gasteiger partial charge >= 0.3 is 0 Å². The van der Waals surface area contributed by atoms with Crippen LogP contribution in [0.25, 0.3) is 0 Å². The van der Waals surface area contributed by atoms with Gasteiger partial charge in [0.1, 0.15) is 0 Å². The molecule has 3 heteroatoms. The largest absolute Gasteiger partial charge is 0.290 e. The van der Waals surface area contributed by atoms with Crippen molar-refractivity contribution >= 4 is 5.91 Å². The molecule has 0 aromatic heterocycles. The normalized spacial score (nSPS) is 9.58. The van der Waals surface area contributed by atoms with E-state index in [0.717, 1.165) is 5.56 Å². The molecule has 1 aromatic rings. The molecule has 0 aliphatic heterocycles. The minimum absolute atomic E-state index is 0.252. The molecule has 0 unspecified atom stereocenters. The lowest BCUT2D eigenvalue weighted by atomic mass is 10.1. The van der Waals surface area contributed by atoms with Crippen molar-refractivity contribution in [2.75, 3.05) is 0 Å². The molecule has 0 aliphatic rings. The second-order valence-electron chi connectivity index (χ2n) is 2.77. The zero-order valence-electron chi connectivity index (χ0n) is 7.22. The Bertz CT molecular complexity index is 307. The number of hydrogen-bond acceptors (Lipinski definition) is 2. The van der Waals surface area contributed by atoms with E-state index in [1.54, 1.807) is 6.07 Å². The molecule has 0 radical (unpaired) electrons. The van der Waals surface area contributed by atoms with E-state index in [-0.39, 0.29) is 5.91 Å². The summed E-state index contributed by atoms with van der Waals surface area (Å²) in [5.74, 6) is 4.74. The highest BCUT2D eigenvalue weighted by molar-refractivity contribution is 5.93. The first-order chi connectivity index (χ1) is 5.65. The molecule has 64 valence electrons. The fraction of sp³-hybridized carbons (Fsp3) is 0.222. The molecule has 0 heterocycles. The average molecular weight is 164 g/mol. The molecule has 3 nitrogen and oxygen atoms in total. The van der Waals surface area contributed by atoms with Crippen LogP contribution in [0.3, 0.4) is 0 Å². The maximum Gasteiger partial charge on any atom is 0.265 e. The Labute approximate surface area is 71.5 Å². The number of hydrazine groups is 1. The van der Waals surface area contributed by atoms with Gasteiger partial charge in [-0.1, -0.05) is 6.07 Å². The van der Waals surface area contributed by atoms with Gasteiger partial charge in [-0.05, 0) is 37.1 Å². The summed E-state index contributed by atoms with van der Waals surface area (Å²) in [6, 6.07) is 5.47. The molecule has 0 atom stereocenters. The van der Waals surface area contributed by atoms with Crippen LogP contribution in [0.15, 0.2) is 18.2 Å². The molecule has 0 bridgehead atoms. The molecule has 0 saturated carbocycles. The summed E-state index contributed by atoms with van der Waals surface area (Å²) in [6.45, 7) is 3.96. The van der Waals surface area contributed by atoms with Gasteiger partial charge in [0.05, 0.1) is 0 Å². The first kappa shape index (κ1) is 8.74. The number of rotatable bonds is 1. The first-order valence-corrected chi connectivity index (χ1v) is 3.73. The van der Waals surface area contributed by atoms with Crippen molar-refractivity contribution in [1.29, 1.82) is 0 Å². The van der Waals surface area contributed by atoms with Crippen LogP contribution in [0.5, 0.6) is 0 Å². The summed E-state index contributed by atoms with van der Waals surface area (Å²) in [6.07, 6.45) is 0. The van der Waals surface area contributed by atoms with Crippen molar-refractivity contribution in [2.24, 2.45) is 5.84 Å². The maximum atomic E-state index is 11.0. The predicted molar refractivity (Wildman–Crippen MR) is 47.6 cm³/mol. The van der Waals surface area contributed by atoms with E-state index in [1.807, 2.05) is 26.0 Å².